The maximum atomic E-state index is 13.1. The Hall–Kier alpha value is -2.68. The van der Waals surface area contributed by atoms with Crippen molar-refractivity contribution in [2.75, 3.05) is 5.32 Å². The minimum absolute atomic E-state index is 0.0373. The van der Waals surface area contributed by atoms with Crippen LogP contribution in [0, 0.1) is 17.1 Å². The summed E-state index contributed by atoms with van der Waals surface area (Å²) in [4.78, 5) is 22.4. The molecule has 0 aliphatic rings. The van der Waals surface area contributed by atoms with Gasteiger partial charge in [-0.25, -0.2) is 9.18 Å². The van der Waals surface area contributed by atoms with Gasteiger partial charge in [-0.2, -0.15) is 5.26 Å². The minimum Gasteiger partial charge on any atom is -0.478 e. The molecule has 0 spiro atoms. The molecule has 0 aromatic heterocycles. The van der Waals surface area contributed by atoms with Crippen molar-refractivity contribution in [3.05, 3.63) is 40.7 Å². The number of nitrogens with zero attached hydrogens (tertiary/aromatic N) is 1. The summed E-state index contributed by atoms with van der Waals surface area (Å²) in [5.41, 5.74) is -0.0228. The lowest BCUT2D eigenvalue weighted by molar-refractivity contribution is -0.133. The Labute approximate surface area is 109 Å². The molecule has 2 N–H and O–H groups in total. The van der Waals surface area contributed by atoms with Crippen LogP contribution in [0.25, 0.3) is 0 Å². The monoisotopic (exact) mass is 262 g/mol. The first-order chi connectivity index (χ1) is 8.86. The number of carbonyl (C=O) groups is 2. The lowest BCUT2D eigenvalue weighted by Crippen LogP contribution is -2.16. The summed E-state index contributed by atoms with van der Waals surface area (Å²) in [7, 11) is 0. The van der Waals surface area contributed by atoms with E-state index in [0.29, 0.717) is 0 Å². The van der Waals surface area contributed by atoms with E-state index in [1.54, 1.807) is 6.07 Å². The number of rotatable bonds is 3. The molecule has 0 fully saturated rings. The predicted octanol–water partition coefficient (Wildman–Crippen LogP) is 2.06. The highest BCUT2D eigenvalue weighted by Gasteiger charge is 2.13. The van der Waals surface area contributed by atoms with Crippen molar-refractivity contribution in [1.29, 1.82) is 5.26 Å². The fourth-order valence-electron chi connectivity index (χ4n) is 1.24. The van der Waals surface area contributed by atoms with Gasteiger partial charge in [0, 0.05) is 16.8 Å². The quantitative estimate of drug-likeness (QED) is 0.816. The second-order valence-electron chi connectivity index (χ2n) is 3.82. The number of anilines is 1. The first-order valence-corrected chi connectivity index (χ1v) is 5.28. The maximum absolute atomic E-state index is 13.1. The number of carbonyl (C=O) groups excluding carboxylic acids is 1. The predicted molar refractivity (Wildman–Crippen MR) is 65.8 cm³/mol. The van der Waals surface area contributed by atoms with Crippen molar-refractivity contribution in [3.63, 3.8) is 0 Å². The number of benzene rings is 1. The van der Waals surface area contributed by atoms with Crippen LogP contribution in [0.1, 0.15) is 19.4 Å². The average molecular weight is 262 g/mol. The van der Waals surface area contributed by atoms with Gasteiger partial charge < -0.3 is 10.4 Å². The van der Waals surface area contributed by atoms with Gasteiger partial charge in [-0.3, -0.25) is 4.79 Å². The van der Waals surface area contributed by atoms with Gasteiger partial charge in [0.05, 0.1) is 5.56 Å². The van der Waals surface area contributed by atoms with Crippen LogP contribution in [0.4, 0.5) is 10.1 Å². The molecule has 1 aromatic rings. The van der Waals surface area contributed by atoms with Crippen molar-refractivity contribution in [1.82, 2.24) is 0 Å². The number of carboxylic acid groups (broad SMARTS) is 1. The van der Waals surface area contributed by atoms with Crippen LogP contribution in [0.2, 0.25) is 0 Å². The molecule has 5 nitrogen and oxygen atoms in total. The van der Waals surface area contributed by atoms with E-state index >= 15 is 0 Å². The van der Waals surface area contributed by atoms with E-state index in [1.165, 1.54) is 26.0 Å². The third-order valence-electron chi connectivity index (χ3n) is 2.57. The number of amides is 1. The van der Waals surface area contributed by atoms with E-state index in [1.807, 2.05) is 0 Å². The van der Waals surface area contributed by atoms with Gasteiger partial charge in [0.1, 0.15) is 11.9 Å². The Morgan fingerprint density at radius 1 is 1.32 bits per heavy atom. The molecule has 98 valence electrons. The standard InChI is InChI=1S/C13H11FN2O3/c1-7(8(2)13(18)19)12(17)16-10-3-4-11(14)9(5-10)6-15/h3-5H,1-2H3,(H,16,17)(H,18,19)/b8-7-. The highest BCUT2D eigenvalue weighted by molar-refractivity contribution is 6.08. The summed E-state index contributed by atoms with van der Waals surface area (Å²) in [6, 6.07) is 5.17. The largest absolute Gasteiger partial charge is 0.478 e. The molecular weight excluding hydrogens is 251 g/mol. The van der Waals surface area contributed by atoms with Crippen molar-refractivity contribution in [3.8, 4) is 6.07 Å². The Kier molecular flexibility index (Phi) is 4.37. The van der Waals surface area contributed by atoms with Gasteiger partial charge in [0.25, 0.3) is 5.91 Å². The number of hydrogen-bond acceptors (Lipinski definition) is 3. The number of carboxylic acids is 1. The highest BCUT2D eigenvalue weighted by Crippen LogP contribution is 2.15. The topological polar surface area (TPSA) is 90.2 Å². The van der Waals surface area contributed by atoms with E-state index in [2.05, 4.69) is 5.32 Å². The second-order valence-corrected chi connectivity index (χ2v) is 3.82. The maximum Gasteiger partial charge on any atom is 0.331 e. The molecule has 0 radical (unpaired) electrons. The van der Waals surface area contributed by atoms with E-state index in [4.69, 9.17) is 10.4 Å². The molecule has 1 aromatic carbocycles. The minimum atomic E-state index is -1.19. The average Bonchev–Trinajstić information content (AvgIpc) is 2.38. The fourth-order valence-corrected chi connectivity index (χ4v) is 1.24. The van der Waals surface area contributed by atoms with Crippen molar-refractivity contribution < 1.29 is 19.1 Å². The van der Waals surface area contributed by atoms with Gasteiger partial charge in [0.15, 0.2) is 0 Å². The zero-order valence-electron chi connectivity index (χ0n) is 10.3. The van der Waals surface area contributed by atoms with E-state index in [-0.39, 0.29) is 22.4 Å². The molecule has 0 unspecified atom stereocenters. The Morgan fingerprint density at radius 3 is 2.47 bits per heavy atom. The summed E-state index contributed by atoms with van der Waals surface area (Å²) in [5.74, 6) is -2.49. The molecule has 0 atom stereocenters. The number of halogens is 1. The Morgan fingerprint density at radius 2 is 1.95 bits per heavy atom. The van der Waals surface area contributed by atoms with Crippen LogP contribution in [0.15, 0.2) is 29.3 Å². The van der Waals surface area contributed by atoms with Gasteiger partial charge in [-0.15, -0.1) is 0 Å². The molecule has 1 amide bonds. The molecule has 0 aliphatic heterocycles. The molecule has 0 bridgehead atoms. The molecule has 6 heteroatoms. The normalized spacial score (nSPS) is 11.3. The van der Waals surface area contributed by atoms with E-state index in [0.717, 1.165) is 6.07 Å². The second kappa shape index (κ2) is 5.78. The number of hydrogen-bond donors (Lipinski definition) is 2. The zero-order valence-corrected chi connectivity index (χ0v) is 10.3. The van der Waals surface area contributed by atoms with Gasteiger partial charge >= 0.3 is 5.97 Å². The SMILES string of the molecule is C/C(C(=O)O)=C(\C)C(=O)Nc1ccc(F)c(C#N)c1. The smallest absolute Gasteiger partial charge is 0.331 e. The molecule has 1 rings (SSSR count). The van der Waals surface area contributed by atoms with E-state index in [9.17, 15) is 14.0 Å². The Balaban J connectivity index is 2.99. The molecule has 19 heavy (non-hydrogen) atoms. The van der Waals surface area contributed by atoms with Crippen molar-refractivity contribution in [2.45, 2.75) is 13.8 Å². The summed E-state index contributed by atoms with van der Waals surface area (Å²) >= 11 is 0. The van der Waals surface area contributed by atoms with Gasteiger partial charge in [-0.05, 0) is 32.0 Å². The number of nitriles is 1. The van der Waals surface area contributed by atoms with Gasteiger partial charge in [0.2, 0.25) is 0 Å². The summed E-state index contributed by atoms with van der Waals surface area (Å²) in [6.45, 7) is 2.68. The zero-order chi connectivity index (χ0) is 14.6. The first-order valence-electron chi connectivity index (χ1n) is 5.28. The van der Waals surface area contributed by atoms with Crippen LogP contribution in [-0.2, 0) is 9.59 Å². The number of aliphatic carboxylic acids is 1. The van der Waals surface area contributed by atoms with Crippen LogP contribution < -0.4 is 5.32 Å². The summed E-state index contributed by atoms with van der Waals surface area (Å²) in [6.07, 6.45) is 0. The summed E-state index contributed by atoms with van der Waals surface area (Å²) < 4.78 is 13.1. The molecule has 0 saturated carbocycles. The fraction of sp³-hybridized carbons (Fsp3) is 0.154. The van der Waals surface area contributed by atoms with Crippen LogP contribution in [0.5, 0.6) is 0 Å². The Bertz CT molecular complexity index is 615. The lowest BCUT2D eigenvalue weighted by Gasteiger charge is -2.07. The molecule has 0 heterocycles. The van der Waals surface area contributed by atoms with Crippen molar-refractivity contribution in [2.24, 2.45) is 0 Å². The van der Waals surface area contributed by atoms with Crippen LogP contribution in [0.3, 0.4) is 0 Å². The van der Waals surface area contributed by atoms with E-state index < -0.39 is 17.7 Å². The third kappa shape index (κ3) is 3.39. The lowest BCUT2D eigenvalue weighted by atomic mass is 10.1. The third-order valence-corrected chi connectivity index (χ3v) is 2.57. The molecular formula is C13H11FN2O3. The van der Waals surface area contributed by atoms with Crippen molar-refractivity contribution >= 4 is 17.6 Å². The summed E-state index contributed by atoms with van der Waals surface area (Å²) in [5, 5.41) is 19.8. The van der Waals surface area contributed by atoms with Crippen LogP contribution in [-0.4, -0.2) is 17.0 Å². The van der Waals surface area contributed by atoms with Crippen LogP contribution >= 0.6 is 0 Å². The first kappa shape index (κ1) is 14.4. The highest BCUT2D eigenvalue weighted by atomic mass is 19.1. The molecule has 0 saturated heterocycles. The number of nitrogens with one attached hydrogen (secondary N) is 1. The molecule has 0 aliphatic carbocycles. The van der Waals surface area contributed by atoms with Gasteiger partial charge in [-0.1, -0.05) is 0 Å².